The highest BCUT2D eigenvalue weighted by Gasteiger charge is 2.09. The zero-order valence-corrected chi connectivity index (χ0v) is 11.9. The smallest absolute Gasteiger partial charge is 0.0369 e. The first-order valence-electron chi connectivity index (χ1n) is 6.49. The largest absolute Gasteiger partial charge is 0.371 e. The van der Waals surface area contributed by atoms with Crippen molar-refractivity contribution in [1.29, 1.82) is 0 Å². The van der Waals surface area contributed by atoms with E-state index in [1.54, 1.807) is 0 Å². The summed E-state index contributed by atoms with van der Waals surface area (Å²) < 4.78 is 0. The van der Waals surface area contributed by atoms with E-state index in [0.29, 0.717) is 0 Å². The molecular formula is C15H26N2. The van der Waals surface area contributed by atoms with Crippen LogP contribution in [-0.2, 0) is 0 Å². The highest BCUT2D eigenvalue weighted by molar-refractivity contribution is 5.48. The molecule has 0 unspecified atom stereocenters. The molecule has 0 amide bonds. The predicted octanol–water partition coefficient (Wildman–Crippen LogP) is 3.21. The van der Waals surface area contributed by atoms with Crippen LogP contribution in [0.2, 0.25) is 0 Å². The molecule has 1 N–H and O–H groups in total. The number of aryl methyl sites for hydroxylation is 1. The summed E-state index contributed by atoms with van der Waals surface area (Å²) in [6.45, 7) is 14.1. The fraction of sp³-hybridized carbons (Fsp3) is 0.600. The van der Waals surface area contributed by atoms with E-state index in [1.165, 1.54) is 11.3 Å². The van der Waals surface area contributed by atoms with Crippen molar-refractivity contribution in [3.05, 3.63) is 29.8 Å². The molecule has 0 heterocycles. The van der Waals surface area contributed by atoms with Gasteiger partial charge in [-0.3, -0.25) is 0 Å². The number of benzene rings is 1. The van der Waals surface area contributed by atoms with Crippen LogP contribution in [0, 0.1) is 6.92 Å². The molecule has 1 rings (SSSR count). The van der Waals surface area contributed by atoms with E-state index in [2.05, 4.69) is 69.1 Å². The molecule has 0 saturated carbocycles. The lowest BCUT2D eigenvalue weighted by atomic mass is 10.1. The van der Waals surface area contributed by atoms with Gasteiger partial charge in [0.2, 0.25) is 0 Å². The number of anilines is 1. The Kier molecular flexibility index (Phi) is 5.01. The van der Waals surface area contributed by atoms with Gasteiger partial charge in [-0.25, -0.2) is 0 Å². The molecule has 96 valence electrons. The van der Waals surface area contributed by atoms with Crippen LogP contribution in [0.4, 0.5) is 5.69 Å². The summed E-state index contributed by atoms with van der Waals surface area (Å²) in [5, 5.41) is 3.53. The highest BCUT2D eigenvalue weighted by atomic mass is 15.1. The van der Waals surface area contributed by atoms with Crippen molar-refractivity contribution < 1.29 is 0 Å². The summed E-state index contributed by atoms with van der Waals surface area (Å²) in [6, 6.07) is 8.71. The molecule has 0 aliphatic heterocycles. The van der Waals surface area contributed by atoms with Crippen LogP contribution >= 0.6 is 0 Å². The van der Waals surface area contributed by atoms with Crippen LogP contribution in [-0.4, -0.2) is 25.2 Å². The van der Waals surface area contributed by atoms with Crippen LogP contribution in [0.3, 0.4) is 0 Å². The number of nitrogens with one attached hydrogen (secondary N) is 1. The van der Waals surface area contributed by atoms with Gasteiger partial charge >= 0.3 is 0 Å². The Morgan fingerprint density at radius 3 is 2.47 bits per heavy atom. The molecule has 1 aromatic carbocycles. The van der Waals surface area contributed by atoms with E-state index in [1.807, 2.05) is 0 Å². The van der Waals surface area contributed by atoms with E-state index >= 15 is 0 Å². The first-order valence-corrected chi connectivity index (χ1v) is 6.49. The number of rotatable bonds is 5. The Bertz CT molecular complexity index is 339. The van der Waals surface area contributed by atoms with E-state index in [-0.39, 0.29) is 5.54 Å². The van der Waals surface area contributed by atoms with Gasteiger partial charge in [-0.2, -0.15) is 0 Å². The van der Waals surface area contributed by atoms with E-state index in [9.17, 15) is 0 Å². The van der Waals surface area contributed by atoms with Crippen molar-refractivity contribution in [3.8, 4) is 0 Å². The van der Waals surface area contributed by atoms with Crippen molar-refractivity contribution in [2.24, 2.45) is 0 Å². The monoisotopic (exact) mass is 234 g/mol. The zero-order chi connectivity index (χ0) is 12.9. The molecular weight excluding hydrogens is 208 g/mol. The Morgan fingerprint density at radius 1 is 1.24 bits per heavy atom. The molecule has 0 aliphatic carbocycles. The molecule has 0 aromatic heterocycles. The summed E-state index contributed by atoms with van der Waals surface area (Å²) in [4.78, 5) is 2.41. The number of hydrogen-bond acceptors (Lipinski definition) is 2. The summed E-state index contributed by atoms with van der Waals surface area (Å²) in [5.74, 6) is 0. The average Bonchev–Trinajstić information content (AvgIpc) is 2.23. The van der Waals surface area contributed by atoms with Crippen LogP contribution in [0.25, 0.3) is 0 Å². The van der Waals surface area contributed by atoms with Gasteiger partial charge in [-0.15, -0.1) is 0 Å². The molecule has 0 aliphatic rings. The van der Waals surface area contributed by atoms with Crippen LogP contribution in [0.5, 0.6) is 0 Å². The zero-order valence-electron chi connectivity index (χ0n) is 11.9. The second kappa shape index (κ2) is 6.06. The molecule has 0 saturated heterocycles. The van der Waals surface area contributed by atoms with Gasteiger partial charge in [0.1, 0.15) is 0 Å². The standard InChI is InChI=1S/C15H26N2/c1-6-17(11-10-16-15(3,4)5)14-9-7-8-13(2)12-14/h7-9,12,16H,6,10-11H2,1-5H3. The number of hydrogen-bond donors (Lipinski definition) is 1. The first-order chi connectivity index (χ1) is 7.92. The maximum absolute atomic E-state index is 3.53. The first kappa shape index (κ1) is 14.0. The summed E-state index contributed by atoms with van der Waals surface area (Å²) in [7, 11) is 0. The second-order valence-corrected chi connectivity index (χ2v) is 5.60. The molecule has 0 spiro atoms. The Balaban J connectivity index is 2.54. The molecule has 0 atom stereocenters. The van der Waals surface area contributed by atoms with Crippen LogP contribution < -0.4 is 10.2 Å². The Labute approximate surface area is 106 Å². The molecule has 1 aromatic rings. The third-order valence-corrected chi connectivity index (χ3v) is 2.79. The van der Waals surface area contributed by atoms with Gasteiger partial charge in [0, 0.05) is 30.9 Å². The van der Waals surface area contributed by atoms with Gasteiger partial charge in [0.05, 0.1) is 0 Å². The molecule has 2 nitrogen and oxygen atoms in total. The van der Waals surface area contributed by atoms with E-state index < -0.39 is 0 Å². The average molecular weight is 234 g/mol. The maximum atomic E-state index is 3.53. The van der Waals surface area contributed by atoms with Gasteiger partial charge in [0.15, 0.2) is 0 Å². The van der Waals surface area contributed by atoms with E-state index in [4.69, 9.17) is 0 Å². The fourth-order valence-corrected chi connectivity index (χ4v) is 1.86. The third kappa shape index (κ3) is 5.22. The molecule has 0 bridgehead atoms. The van der Waals surface area contributed by atoms with E-state index in [0.717, 1.165) is 19.6 Å². The topological polar surface area (TPSA) is 15.3 Å². The molecule has 17 heavy (non-hydrogen) atoms. The van der Waals surface area contributed by atoms with Gasteiger partial charge in [0.25, 0.3) is 0 Å². The minimum Gasteiger partial charge on any atom is -0.371 e. The minimum absolute atomic E-state index is 0.200. The van der Waals surface area contributed by atoms with Crippen LogP contribution in [0.1, 0.15) is 33.3 Å². The van der Waals surface area contributed by atoms with Crippen molar-refractivity contribution in [1.82, 2.24) is 5.32 Å². The summed E-state index contributed by atoms with van der Waals surface area (Å²) in [5.41, 5.74) is 2.85. The SMILES string of the molecule is CCN(CCNC(C)(C)C)c1cccc(C)c1. The van der Waals surface area contributed by atoms with Crippen molar-refractivity contribution in [3.63, 3.8) is 0 Å². The van der Waals surface area contributed by atoms with Gasteiger partial charge in [-0.1, -0.05) is 12.1 Å². The normalized spacial score (nSPS) is 11.6. The minimum atomic E-state index is 0.200. The summed E-state index contributed by atoms with van der Waals surface area (Å²) >= 11 is 0. The Morgan fingerprint density at radius 2 is 1.94 bits per heavy atom. The van der Waals surface area contributed by atoms with Crippen molar-refractivity contribution in [2.45, 2.75) is 40.2 Å². The van der Waals surface area contributed by atoms with Crippen molar-refractivity contribution in [2.75, 3.05) is 24.5 Å². The lowest BCUT2D eigenvalue weighted by Gasteiger charge is -2.27. The van der Waals surface area contributed by atoms with Gasteiger partial charge in [-0.05, 0) is 52.3 Å². The van der Waals surface area contributed by atoms with Gasteiger partial charge < -0.3 is 10.2 Å². The lowest BCUT2D eigenvalue weighted by Crippen LogP contribution is -2.41. The number of likely N-dealkylation sites (N-methyl/N-ethyl adjacent to an activating group) is 1. The quantitative estimate of drug-likeness (QED) is 0.841. The second-order valence-electron chi connectivity index (χ2n) is 5.60. The fourth-order valence-electron chi connectivity index (χ4n) is 1.86. The van der Waals surface area contributed by atoms with Crippen LogP contribution in [0.15, 0.2) is 24.3 Å². The molecule has 0 fully saturated rings. The third-order valence-electron chi connectivity index (χ3n) is 2.79. The predicted molar refractivity (Wildman–Crippen MR) is 76.8 cm³/mol. The van der Waals surface area contributed by atoms with Crippen molar-refractivity contribution >= 4 is 5.69 Å². The summed E-state index contributed by atoms with van der Waals surface area (Å²) in [6.07, 6.45) is 0. The molecule has 2 heteroatoms. The number of nitrogens with zero attached hydrogens (tertiary/aromatic N) is 1. The lowest BCUT2D eigenvalue weighted by molar-refractivity contribution is 0.429. The molecule has 0 radical (unpaired) electrons. The maximum Gasteiger partial charge on any atom is 0.0369 e. The highest BCUT2D eigenvalue weighted by Crippen LogP contribution is 2.15. The Hall–Kier alpha value is -1.02.